The summed E-state index contributed by atoms with van der Waals surface area (Å²) in [6.45, 7) is 2.81. The first kappa shape index (κ1) is 12.7. The van der Waals surface area contributed by atoms with Gasteiger partial charge in [-0.3, -0.25) is 0 Å². The first-order valence-corrected chi connectivity index (χ1v) is 4.24. The zero-order chi connectivity index (χ0) is 10.7. The number of alkyl halides is 3. The highest BCUT2D eigenvalue weighted by Gasteiger charge is 2.52. The van der Waals surface area contributed by atoms with Crippen LogP contribution in [0.3, 0.4) is 0 Å². The molecule has 0 saturated heterocycles. The van der Waals surface area contributed by atoms with Crippen LogP contribution < -0.4 is 0 Å². The third-order valence-electron chi connectivity index (χ3n) is 2.16. The first-order chi connectivity index (χ1) is 5.77. The number of hydrogen-bond acceptors (Lipinski definition) is 2. The smallest absolute Gasteiger partial charge is 0.393 e. The van der Waals surface area contributed by atoms with Gasteiger partial charge in [-0.2, -0.15) is 13.2 Å². The Morgan fingerprint density at radius 3 is 1.92 bits per heavy atom. The first-order valence-electron chi connectivity index (χ1n) is 4.24. The summed E-state index contributed by atoms with van der Waals surface area (Å²) in [4.78, 5) is 0. The van der Waals surface area contributed by atoms with Crippen molar-refractivity contribution in [3.05, 3.63) is 0 Å². The summed E-state index contributed by atoms with van der Waals surface area (Å²) in [5.74, 6) is 0. The molecule has 80 valence electrons. The molecule has 0 bridgehead atoms. The van der Waals surface area contributed by atoms with Crippen LogP contribution in [0.15, 0.2) is 0 Å². The van der Waals surface area contributed by atoms with Gasteiger partial charge in [-0.05, 0) is 12.8 Å². The summed E-state index contributed by atoms with van der Waals surface area (Å²) in [5.41, 5.74) is -2.75. The monoisotopic (exact) mass is 200 g/mol. The molecule has 0 heterocycles. The number of aliphatic hydroxyl groups excluding tert-OH is 1. The normalized spacial score (nSPS) is 19.6. The van der Waals surface area contributed by atoms with Crippen molar-refractivity contribution in [3.8, 4) is 0 Å². The van der Waals surface area contributed by atoms with Crippen LogP contribution in [0.4, 0.5) is 13.2 Å². The van der Waals surface area contributed by atoms with Crippen LogP contribution in [0.2, 0.25) is 0 Å². The Hall–Kier alpha value is -0.290. The van der Waals surface area contributed by atoms with Gasteiger partial charge in [-0.15, -0.1) is 0 Å². The van der Waals surface area contributed by atoms with E-state index in [-0.39, 0.29) is 6.42 Å². The Morgan fingerprint density at radius 1 is 1.23 bits per heavy atom. The van der Waals surface area contributed by atoms with E-state index >= 15 is 0 Å². The molecular weight excluding hydrogens is 185 g/mol. The lowest BCUT2D eigenvalue weighted by atomic mass is 9.92. The van der Waals surface area contributed by atoms with Gasteiger partial charge in [0.05, 0.1) is 6.10 Å². The lowest BCUT2D eigenvalue weighted by molar-refractivity contribution is -0.269. The Labute approximate surface area is 75.4 Å². The number of halogens is 3. The van der Waals surface area contributed by atoms with Crippen molar-refractivity contribution >= 4 is 0 Å². The molecule has 13 heavy (non-hydrogen) atoms. The molecule has 0 radical (unpaired) electrons. The van der Waals surface area contributed by atoms with E-state index in [1.54, 1.807) is 6.92 Å². The van der Waals surface area contributed by atoms with Crippen LogP contribution in [-0.2, 0) is 0 Å². The maximum Gasteiger partial charge on any atom is 0.417 e. The fraction of sp³-hybridized carbons (Fsp3) is 1.00. The van der Waals surface area contributed by atoms with E-state index in [0.29, 0.717) is 0 Å². The van der Waals surface area contributed by atoms with Crippen LogP contribution in [0, 0.1) is 0 Å². The average Bonchev–Trinajstić information content (AvgIpc) is 2.02. The third kappa shape index (κ3) is 3.15. The molecule has 2 nitrogen and oxygen atoms in total. The lowest BCUT2D eigenvalue weighted by Gasteiger charge is -2.30. The second kappa shape index (κ2) is 4.28. The van der Waals surface area contributed by atoms with Crippen molar-refractivity contribution in [2.24, 2.45) is 0 Å². The molecule has 5 heteroatoms. The fourth-order valence-electron chi connectivity index (χ4n) is 0.995. The van der Waals surface area contributed by atoms with Gasteiger partial charge in [0.2, 0.25) is 0 Å². The molecule has 0 aromatic heterocycles. The van der Waals surface area contributed by atoms with E-state index in [1.165, 1.54) is 6.92 Å². The molecule has 0 aliphatic rings. The van der Waals surface area contributed by atoms with Gasteiger partial charge < -0.3 is 10.2 Å². The topological polar surface area (TPSA) is 40.5 Å². The molecule has 0 fully saturated rings. The number of hydrogen-bond donors (Lipinski definition) is 2. The van der Waals surface area contributed by atoms with Crippen molar-refractivity contribution in [1.29, 1.82) is 0 Å². The summed E-state index contributed by atoms with van der Waals surface area (Å²) in [7, 11) is 0. The molecule has 0 aliphatic carbocycles. The molecule has 2 atom stereocenters. The van der Waals surface area contributed by atoms with E-state index in [0.717, 1.165) is 0 Å². The molecule has 0 aliphatic heterocycles. The zero-order valence-corrected chi connectivity index (χ0v) is 7.73. The average molecular weight is 200 g/mol. The molecule has 2 N–H and O–H groups in total. The van der Waals surface area contributed by atoms with E-state index in [1.807, 2.05) is 0 Å². The fourth-order valence-corrected chi connectivity index (χ4v) is 0.995. The van der Waals surface area contributed by atoms with Crippen molar-refractivity contribution in [3.63, 3.8) is 0 Å². The van der Waals surface area contributed by atoms with Crippen LogP contribution in [0.25, 0.3) is 0 Å². The Kier molecular flexibility index (Phi) is 4.19. The van der Waals surface area contributed by atoms with Gasteiger partial charge in [-0.25, -0.2) is 0 Å². The quantitative estimate of drug-likeness (QED) is 0.727. The Morgan fingerprint density at radius 2 is 1.69 bits per heavy atom. The van der Waals surface area contributed by atoms with Crippen molar-refractivity contribution in [1.82, 2.24) is 0 Å². The molecule has 0 aromatic carbocycles. The van der Waals surface area contributed by atoms with Crippen molar-refractivity contribution in [2.45, 2.75) is 51.0 Å². The summed E-state index contributed by atoms with van der Waals surface area (Å²) in [6, 6.07) is 0. The second-order valence-electron chi connectivity index (χ2n) is 3.15. The molecule has 0 amide bonds. The summed E-state index contributed by atoms with van der Waals surface area (Å²) in [6.07, 6.45) is -6.65. The van der Waals surface area contributed by atoms with E-state index in [2.05, 4.69) is 0 Å². The zero-order valence-electron chi connectivity index (χ0n) is 7.73. The number of aliphatic hydroxyl groups is 2. The maximum absolute atomic E-state index is 12.2. The summed E-state index contributed by atoms with van der Waals surface area (Å²) in [5, 5.41) is 18.2. The molecule has 0 rings (SSSR count). The third-order valence-corrected chi connectivity index (χ3v) is 2.16. The van der Waals surface area contributed by atoms with Crippen LogP contribution in [0.5, 0.6) is 0 Å². The predicted octanol–water partition coefficient (Wildman–Crippen LogP) is 1.85. The maximum atomic E-state index is 12.2. The summed E-state index contributed by atoms with van der Waals surface area (Å²) >= 11 is 0. The Balaban J connectivity index is 4.46. The van der Waals surface area contributed by atoms with E-state index < -0.39 is 30.7 Å². The van der Waals surface area contributed by atoms with Crippen molar-refractivity contribution < 1.29 is 23.4 Å². The molecule has 2 unspecified atom stereocenters. The van der Waals surface area contributed by atoms with Crippen LogP contribution >= 0.6 is 0 Å². The predicted molar refractivity (Wildman–Crippen MR) is 42.2 cm³/mol. The van der Waals surface area contributed by atoms with Gasteiger partial charge in [0.15, 0.2) is 5.60 Å². The van der Waals surface area contributed by atoms with Crippen LogP contribution in [-0.4, -0.2) is 28.1 Å². The highest BCUT2D eigenvalue weighted by atomic mass is 19.4. The van der Waals surface area contributed by atoms with Gasteiger partial charge in [0, 0.05) is 6.42 Å². The van der Waals surface area contributed by atoms with Gasteiger partial charge in [0.1, 0.15) is 0 Å². The van der Waals surface area contributed by atoms with E-state index in [9.17, 15) is 18.3 Å². The minimum atomic E-state index is -4.67. The van der Waals surface area contributed by atoms with Gasteiger partial charge in [0.25, 0.3) is 0 Å². The van der Waals surface area contributed by atoms with Gasteiger partial charge in [-0.1, -0.05) is 13.8 Å². The largest absolute Gasteiger partial charge is 0.417 e. The minimum absolute atomic E-state index is 0.207. The number of rotatable bonds is 4. The highest BCUT2D eigenvalue weighted by molar-refractivity contribution is 4.87. The molecule has 0 aromatic rings. The summed E-state index contributed by atoms with van der Waals surface area (Å²) < 4.78 is 36.7. The minimum Gasteiger partial charge on any atom is -0.393 e. The molecular formula is C8H15F3O2. The molecule has 0 saturated carbocycles. The molecule has 0 spiro atoms. The second-order valence-corrected chi connectivity index (χ2v) is 3.15. The standard InChI is InChI=1S/C8H15F3O2/c1-3-6(12)5-7(13,4-2)8(9,10)11/h6,12-13H,3-5H2,1-2H3. The highest BCUT2D eigenvalue weighted by Crippen LogP contribution is 2.36. The van der Waals surface area contributed by atoms with E-state index in [4.69, 9.17) is 5.11 Å². The SMILES string of the molecule is CCC(O)CC(O)(CC)C(F)(F)F. The lowest BCUT2D eigenvalue weighted by Crippen LogP contribution is -2.46. The van der Waals surface area contributed by atoms with Gasteiger partial charge >= 0.3 is 6.18 Å². The Bertz CT molecular complexity index is 158. The van der Waals surface area contributed by atoms with Crippen LogP contribution in [0.1, 0.15) is 33.1 Å². The van der Waals surface area contributed by atoms with Crippen molar-refractivity contribution in [2.75, 3.05) is 0 Å².